The van der Waals surface area contributed by atoms with Gasteiger partial charge in [-0.05, 0) is 90.7 Å². The van der Waals surface area contributed by atoms with Crippen molar-refractivity contribution in [3.8, 4) is 11.5 Å². The van der Waals surface area contributed by atoms with Crippen LogP contribution in [0.15, 0.2) is 44.0 Å². The van der Waals surface area contributed by atoms with Crippen molar-refractivity contribution in [1.82, 2.24) is 78.3 Å². The fourth-order valence-corrected chi connectivity index (χ4v) is 9.39. The van der Waals surface area contributed by atoms with E-state index in [1.165, 1.54) is 50.9 Å². The van der Waals surface area contributed by atoms with Crippen molar-refractivity contribution in [3.63, 3.8) is 0 Å². The zero-order chi connectivity index (χ0) is 56.3. The van der Waals surface area contributed by atoms with Gasteiger partial charge in [0.15, 0.2) is 26.6 Å². The van der Waals surface area contributed by atoms with Crippen LogP contribution in [0.1, 0.15) is 30.9 Å². The van der Waals surface area contributed by atoms with E-state index in [1.54, 1.807) is 18.7 Å². The molecule has 76 heavy (non-hydrogen) atoms. The van der Waals surface area contributed by atoms with Crippen molar-refractivity contribution in [2.24, 2.45) is 35.2 Å². The Morgan fingerprint density at radius 2 is 0.987 bits per heavy atom. The maximum atomic E-state index is 13.6. The van der Waals surface area contributed by atoms with Crippen molar-refractivity contribution in [2.45, 2.75) is 60.2 Å². The van der Waals surface area contributed by atoms with Crippen LogP contribution in [0.25, 0.3) is 45.0 Å². The SMILES string of the molecule is CCSc1c(-c2nc3cc(C(F)(F)C(F)(F)F)nnc3n2C)nc(Br)n1C.CCSc1c(I)nc(Br)n1C.Cn1[c-]nc2cc(C(F)(F)C(F)(F)F)nnc21.Cn1cnc2cc(C(F)(F)C(F)(F)F)nnc21.[Cl-].[Cl][Zn+].[Li+]. The first-order valence-electron chi connectivity index (χ1n) is 19.5. The Balaban J connectivity index is 0.000000355. The van der Waals surface area contributed by atoms with Crippen molar-refractivity contribution in [2.75, 3.05) is 11.5 Å². The quantitative estimate of drug-likeness (QED) is 0.0597. The third-order valence-electron chi connectivity index (χ3n) is 9.21. The zero-order valence-corrected chi connectivity index (χ0v) is 50.9. The first kappa shape index (κ1) is 69.3. The molecule has 8 aromatic rings. The Morgan fingerprint density at radius 1 is 0.579 bits per heavy atom. The number of hydrogen-bond acceptors (Lipinski definition) is 13. The average molecular weight is 1460 g/mol. The zero-order valence-electron chi connectivity index (χ0n) is 39.5. The predicted octanol–water partition coefficient (Wildman–Crippen LogP) is 5.72. The van der Waals surface area contributed by atoms with Crippen molar-refractivity contribution in [3.05, 3.63) is 61.1 Å². The van der Waals surface area contributed by atoms with Gasteiger partial charge in [-0.15, -0.1) is 43.9 Å². The Morgan fingerprint density at radius 3 is 1.43 bits per heavy atom. The van der Waals surface area contributed by atoms with Gasteiger partial charge in [-0.3, -0.25) is 0 Å². The van der Waals surface area contributed by atoms with E-state index in [9.17, 15) is 65.9 Å². The third-order valence-corrected chi connectivity index (χ3v) is 13.8. The van der Waals surface area contributed by atoms with E-state index in [0.717, 1.165) is 42.3 Å². The van der Waals surface area contributed by atoms with Gasteiger partial charge in [0.2, 0.25) is 0 Å². The minimum Gasteiger partial charge on any atom is 1.00 e. The fourth-order valence-electron chi connectivity index (χ4n) is 5.52. The minimum atomic E-state index is -5.77. The topological polar surface area (TPSA) is 166 Å². The van der Waals surface area contributed by atoms with Crippen molar-refractivity contribution in [1.29, 1.82) is 0 Å². The minimum absolute atomic E-state index is 0. The summed E-state index contributed by atoms with van der Waals surface area (Å²) in [4.78, 5) is 20.0. The molecule has 16 nitrogen and oxygen atoms in total. The molecule has 0 amide bonds. The molecule has 0 saturated carbocycles. The van der Waals surface area contributed by atoms with E-state index < -0.39 is 53.4 Å². The van der Waals surface area contributed by atoms with Crippen LogP contribution in [0.5, 0.6) is 0 Å². The summed E-state index contributed by atoms with van der Waals surface area (Å²) in [6.45, 7) is 4.09. The standard InChI is InChI=1S/C14H12BrF5N6S.C8H5F5N4.C8H4F5N4.C6H8BrIN2S.2ClH.Li.Zn/c1-4-27-11-8(22-12(15)26(11)3)10-21-6-5-7(13(16,17)14(18,19)20)23-24-9(6)25(10)2;2*1-17-3-14-4-2-5(15-16-6(4)17)7(9,10)8(11,12)13;1-3-11-5-4(8)9-6(7)10(5)2;;;;/h5H,4H2,1-3H3;2-3H,1H3;2H,1H3;3H2,1-2H3;2*1H;;/q;;-1;;;;+1;+2/p-2. The largest absolute Gasteiger partial charge is 1.00 e. The Hall–Kier alpha value is -2.79. The molecule has 0 unspecified atom stereocenters. The second-order valence-electron chi connectivity index (χ2n) is 14.1. The number of halogens is 20. The maximum Gasteiger partial charge on any atom is 1.00 e. The van der Waals surface area contributed by atoms with Gasteiger partial charge in [-0.2, -0.15) is 71.0 Å². The molecule has 0 fully saturated rings. The Bertz CT molecular complexity index is 3130. The van der Waals surface area contributed by atoms with E-state index in [1.807, 2.05) is 25.7 Å². The summed E-state index contributed by atoms with van der Waals surface area (Å²) >= 11 is 13.1. The van der Waals surface area contributed by atoms with Crippen LogP contribution < -0.4 is 31.3 Å². The van der Waals surface area contributed by atoms with E-state index in [4.69, 9.17) is 9.69 Å². The molecule has 8 heterocycles. The first-order chi connectivity index (χ1) is 34.1. The molecular formula is C36H29Br2Cl2F15ILiN16S2Zn. The normalized spacial score (nSPS) is 12.2. The molecule has 8 rings (SSSR count). The number of aromatic nitrogens is 16. The van der Waals surface area contributed by atoms with E-state index in [2.05, 4.69) is 128 Å². The van der Waals surface area contributed by atoms with Crippen LogP contribution in [-0.4, -0.2) is 108 Å². The molecule has 0 aliphatic carbocycles. The Labute approximate surface area is 489 Å². The molecule has 0 saturated heterocycles. The molecule has 0 radical (unpaired) electrons. The number of aryl methyl sites for hydroxylation is 3. The van der Waals surface area contributed by atoms with Crippen LogP contribution >= 0.6 is 87.7 Å². The summed E-state index contributed by atoms with van der Waals surface area (Å²) in [6.07, 6.45) is -13.6. The van der Waals surface area contributed by atoms with Gasteiger partial charge in [-0.25, -0.2) is 25.0 Å². The van der Waals surface area contributed by atoms with Gasteiger partial charge in [0.05, 0.1) is 6.33 Å². The van der Waals surface area contributed by atoms with Gasteiger partial charge < -0.3 is 40.2 Å². The number of hydrogen-bond donors (Lipinski definition) is 0. The third kappa shape index (κ3) is 15.0. The smallest absolute Gasteiger partial charge is 1.00 e. The monoisotopic (exact) mass is 1460 g/mol. The van der Waals surface area contributed by atoms with Crippen molar-refractivity contribution >= 4 is 121 Å². The fraction of sp³-hybridized carbons (Fsp3) is 0.417. The van der Waals surface area contributed by atoms with E-state index in [0.29, 0.717) is 28.6 Å². The molecule has 0 aliphatic rings. The molecule has 8 aromatic heterocycles. The van der Waals surface area contributed by atoms with Crippen LogP contribution in [0.3, 0.4) is 0 Å². The Kier molecular flexibility index (Phi) is 24.7. The van der Waals surface area contributed by atoms with Crippen LogP contribution in [0, 0.1) is 10.0 Å². The van der Waals surface area contributed by atoms with Gasteiger partial charge in [-0.1, -0.05) is 19.9 Å². The molecular weight excluding hydrogens is 1440 g/mol. The summed E-state index contributed by atoms with van der Waals surface area (Å²) in [5.41, 5.74) is -4.03. The summed E-state index contributed by atoms with van der Waals surface area (Å²) in [7, 11) is 13.1. The van der Waals surface area contributed by atoms with Crippen molar-refractivity contribution < 1.29 is 114 Å². The molecule has 0 spiro atoms. The second-order valence-corrected chi connectivity index (χ2v) is 19.1. The summed E-state index contributed by atoms with van der Waals surface area (Å²) in [5, 5.41) is 20.9. The number of fused-ring (bicyclic) bond motifs is 3. The van der Waals surface area contributed by atoms with Crippen LogP contribution in [0.2, 0.25) is 0 Å². The number of alkyl halides is 15. The van der Waals surface area contributed by atoms with E-state index >= 15 is 0 Å². The number of rotatable bonds is 8. The molecule has 0 N–H and O–H groups in total. The first-order valence-corrected chi connectivity index (χ1v) is 28.1. The van der Waals surface area contributed by atoms with Gasteiger partial charge in [0, 0.05) is 40.2 Å². The van der Waals surface area contributed by atoms with Crippen LogP contribution in [0.4, 0.5) is 65.9 Å². The summed E-state index contributed by atoms with van der Waals surface area (Å²) in [6, 6.07) is 1.73. The molecule has 0 atom stereocenters. The van der Waals surface area contributed by atoms with Gasteiger partial charge in [0.1, 0.15) is 47.6 Å². The molecule has 0 aliphatic heterocycles. The number of imidazole rings is 5. The molecule has 408 valence electrons. The number of nitrogens with zero attached hydrogens (tertiary/aromatic N) is 16. The van der Waals surface area contributed by atoms with Crippen LogP contribution in [-0.2, 0) is 70.3 Å². The molecule has 0 aromatic carbocycles. The predicted molar refractivity (Wildman–Crippen MR) is 250 cm³/mol. The maximum absolute atomic E-state index is 13.6. The molecule has 0 bridgehead atoms. The second kappa shape index (κ2) is 27.1. The average Bonchev–Trinajstić information content (AvgIpc) is 4.11. The number of thioether (sulfide) groups is 2. The molecule has 40 heteroatoms. The van der Waals surface area contributed by atoms with Gasteiger partial charge >= 0.3 is 82.2 Å². The van der Waals surface area contributed by atoms with E-state index in [-0.39, 0.29) is 70.6 Å². The van der Waals surface area contributed by atoms with Gasteiger partial charge in [0.25, 0.3) is 0 Å². The summed E-state index contributed by atoms with van der Waals surface area (Å²) in [5.74, 6) is -13.1. The summed E-state index contributed by atoms with van der Waals surface area (Å²) < 4.78 is 199.